The Morgan fingerprint density at radius 3 is 1.73 bits per heavy atom. The van der Waals surface area contributed by atoms with E-state index in [2.05, 4.69) is 17.0 Å². The number of amides is 1. The van der Waals surface area contributed by atoms with Crippen molar-refractivity contribution < 1.29 is 31.2 Å². The predicted octanol–water partition coefficient (Wildman–Crippen LogP) is 8.88. The minimum Gasteiger partial charge on any atom is -0.456 e. The number of hydrogen-bond acceptors (Lipinski definition) is 7. The van der Waals surface area contributed by atoms with Gasteiger partial charge in [-0.2, -0.15) is 0 Å². The number of halogens is 1. The van der Waals surface area contributed by atoms with Crippen molar-refractivity contribution in [3.05, 3.63) is 48.5 Å². The van der Waals surface area contributed by atoms with Gasteiger partial charge in [-0.1, -0.05) is 141 Å². The number of para-hydroxylation sites is 1. The number of ketones is 1. The lowest BCUT2D eigenvalue weighted by molar-refractivity contribution is -0.144. The van der Waals surface area contributed by atoms with Crippen LogP contribution in [0.5, 0.6) is 5.75 Å². The summed E-state index contributed by atoms with van der Waals surface area (Å²) in [6.07, 6.45) is 16.8. The van der Waals surface area contributed by atoms with Crippen molar-refractivity contribution in [3.8, 4) is 5.75 Å². The zero-order valence-electron chi connectivity index (χ0n) is 29.3. The van der Waals surface area contributed by atoms with Crippen molar-refractivity contribution >= 4 is 54.5 Å². The van der Waals surface area contributed by atoms with Gasteiger partial charge in [-0.05, 0) is 30.7 Å². The maximum atomic E-state index is 13.4. The fourth-order valence-corrected chi connectivity index (χ4v) is 7.75. The summed E-state index contributed by atoms with van der Waals surface area (Å²) in [5, 5.41) is 0.0298. The van der Waals surface area contributed by atoms with E-state index in [9.17, 15) is 26.4 Å². The number of Topliss-reactive ketones (excluding diaryl/α,β-unsaturated/α-hetero) is 1. The van der Waals surface area contributed by atoms with Crippen molar-refractivity contribution in [2.75, 3.05) is 22.0 Å². The molecule has 270 valence electrons. The van der Waals surface area contributed by atoms with Gasteiger partial charge in [0.25, 0.3) is 5.91 Å². The number of rotatable bonds is 23. The summed E-state index contributed by atoms with van der Waals surface area (Å²) in [6.45, 7) is 6.96. The summed E-state index contributed by atoms with van der Waals surface area (Å²) in [7, 11) is -7.81. The first kappa shape index (κ1) is 41.5. The summed E-state index contributed by atoms with van der Waals surface area (Å²) >= 11 is 6.66. The number of hydrogen-bond donors (Lipinski definition) is 2. The summed E-state index contributed by atoms with van der Waals surface area (Å²) in [6, 6.07) is 11.9. The molecular formula is C36H55ClN2O7S2. The molecule has 2 rings (SSSR count). The Hall–Kier alpha value is -2.63. The van der Waals surface area contributed by atoms with E-state index >= 15 is 0 Å². The summed E-state index contributed by atoms with van der Waals surface area (Å²) in [5.41, 5.74) is -0.992. The predicted molar refractivity (Wildman–Crippen MR) is 196 cm³/mol. The molecular weight excluding hydrogens is 672 g/mol. The molecule has 0 aromatic heterocycles. The van der Waals surface area contributed by atoms with Gasteiger partial charge in [0.2, 0.25) is 15.8 Å². The number of carbonyl (C=O) groups excluding carboxylic acids is 2. The standard InChI is InChI=1S/C36H55ClN2O7S2/c1-6-7-8-9-10-11-12-13-14-15-16-17-18-22-27-48(44,45)39-31-28-30(25-26-32(31)47(5,42)43)46-36(37,33(40)35(2,3)4)34(41)38-29-23-20-19-21-24-29/h19-21,23-26,28,39H,6-18,22,27H2,1-5H3,(H,38,41). The highest BCUT2D eigenvalue weighted by molar-refractivity contribution is 7.93. The smallest absolute Gasteiger partial charge is 0.320 e. The summed E-state index contributed by atoms with van der Waals surface area (Å²) < 4.78 is 59.4. The summed E-state index contributed by atoms with van der Waals surface area (Å²) in [5.74, 6) is -2.08. The van der Waals surface area contributed by atoms with E-state index < -0.39 is 42.0 Å². The molecule has 1 amide bonds. The molecule has 0 aliphatic heterocycles. The van der Waals surface area contributed by atoms with Crippen molar-refractivity contribution in [1.29, 1.82) is 0 Å². The number of anilines is 2. The van der Waals surface area contributed by atoms with Crippen LogP contribution in [0.15, 0.2) is 53.4 Å². The molecule has 2 aromatic carbocycles. The fourth-order valence-electron chi connectivity index (χ4n) is 5.25. The second-order valence-electron chi connectivity index (χ2n) is 13.5. The van der Waals surface area contributed by atoms with Gasteiger partial charge < -0.3 is 10.1 Å². The minimum absolute atomic E-state index is 0.174. The number of nitrogens with one attached hydrogen (secondary N) is 2. The van der Waals surface area contributed by atoms with Crippen LogP contribution in [0.4, 0.5) is 11.4 Å². The van der Waals surface area contributed by atoms with Gasteiger partial charge in [-0.3, -0.25) is 14.3 Å². The monoisotopic (exact) mass is 726 g/mol. The third kappa shape index (κ3) is 14.5. The highest BCUT2D eigenvalue weighted by Crippen LogP contribution is 2.35. The van der Waals surface area contributed by atoms with Crippen molar-refractivity contribution in [3.63, 3.8) is 0 Å². The molecule has 0 saturated carbocycles. The molecule has 12 heteroatoms. The number of ether oxygens (including phenoxy) is 1. The summed E-state index contributed by atoms with van der Waals surface area (Å²) in [4.78, 5) is 26.5. The van der Waals surface area contributed by atoms with E-state index in [0.717, 1.165) is 44.1 Å². The highest BCUT2D eigenvalue weighted by atomic mass is 35.5. The van der Waals surface area contributed by atoms with E-state index in [1.54, 1.807) is 51.1 Å². The van der Waals surface area contributed by atoms with Crippen LogP contribution in [-0.4, -0.2) is 45.6 Å². The van der Waals surface area contributed by atoms with Crippen LogP contribution in [0.3, 0.4) is 0 Å². The number of sulfone groups is 1. The normalized spacial score (nSPS) is 13.5. The second-order valence-corrected chi connectivity index (χ2v) is 17.9. The van der Waals surface area contributed by atoms with E-state index in [-0.39, 0.29) is 22.1 Å². The molecule has 0 fully saturated rings. The number of alkyl halides is 1. The lowest BCUT2D eigenvalue weighted by Crippen LogP contribution is -2.54. The van der Waals surface area contributed by atoms with Crippen molar-refractivity contribution in [1.82, 2.24) is 0 Å². The van der Waals surface area contributed by atoms with Crippen molar-refractivity contribution in [2.45, 2.75) is 128 Å². The Bertz CT molecular complexity index is 1530. The number of carbonyl (C=O) groups is 2. The Morgan fingerprint density at radius 1 is 0.750 bits per heavy atom. The van der Waals surface area contributed by atoms with Crippen LogP contribution in [0.25, 0.3) is 0 Å². The molecule has 0 aliphatic carbocycles. The largest absolute Gasteiger partial charge is 0.456 e. The van der Waals surface area contributed by atoms with Crippen LogP contribution < -0.4 is 14.8 Å². The minimum atomic E-state index is -3.94. The maximum absolute atomic E-state index is 13.4. The second kappa shape index (κ2) is 19.5. The molecule has 2 N–H and O–H groups in total. The van der Waals surface area contributed by atoms with Gasteiger partial charge in [0.15, 0.2) is 9.84 Å². The lowest BCUT2D eigenvalue weighted by Gasteiger charge is -2.31. The zero-order chi connectivity index (χ0) is 35.8. The third-order valence-electron chi connectivity index (χ3n) is 7.94. The molecule has 1 atom stereocenters. The van der Waals surface area contributed by atoms with Gasteiger partial charge in [0, 0.05) is 23.4 Å². The van der Waals surface area contributed by atoms with Crippen molar-refractivity contribution in [2.24, 2.45) is 5.41 Å². The third-order valence-corrected chi connectivity index (χ3v) is 10.9. The Kier molecular flexibility index (Phi) is 16.9. The van der Waals surface area contributed by atoms with Gasteiger partial charge in [0.1, 0.15) is 5.75 Å². The van der Waals surface area contributed by atoms with Gasteiger partial charge in [-0.15, -0.1) is 0 Å². The molecule has 9 nitrogen and oxygen atoms in total. The molecule has 2 aromatic rings. The Balaban J connectivity index is 2.04. The molecule has 1 unspecified atom stereocenters. The molecule has 0 bridgehead atoms. The quantitative estimate of drug-likeness (QED) is 0.0663. The SMILES string of the molecule is CCCCCCCCCCCCCCCCS(=O)(=O)Nc1cc(OC(Cl)(C(=O)Nc2ccccc2)C(=O)C(C)(C)C)ccc1S(C)(=O)=O. The van der Waals surface area contributed by atoms with E-state index in [1.807, 2.05) is 0 Å². The van der Waals surface area contributed by atoms with Gasteiger partial charge >= 0.3 is 5.06 Å². The van der Waals surface area contributed by atoms with E-state index in [1.165, 1.54) is 63.9 Å². The first-order valence-corrected chi connectivity index (χ1v) is 21.1. The number of benzene rings is 2. The molecule has 0 spiro atoms. The first-order valence-electron chi connectivity index (χ1n) is 17.1. The average Bonchev–Trinajstić information content (AvgIpc) is 3.00. The van der Waals surface area contributed by atoms with Crippen LogP contribution in [0, 0.1) is 5.41 Å². The molecule has 0 aliphatic rings. The van der Waals surface area contributed by atoms with Gasteiger partial charge in [-0.25, -0.2) is 16.8 Å². The molecule has 48 heavy (non-hydrogen) atoms. The first-order chi connectivity index (χ1) is 22.5. The van der Waals surface area contributed by atoms with Gasteiger partial charge in [0.05, 0.1) is 16.3 Å². The fraction of sp³-hybridized carbons (Fsp3) is 0.611. The van der Waals surface area contributed by atoms with E-state index in [0.29, 0.717) is 12.1 Å². The highest BCUT2D eigenvalue weighted by Gasteiger charge is 2.51. The topological polar surface area (TPSA) is 136 Å². The number of sulfonamides is 1. The van der Waals surface area contributed by atoms with Crippen LogP contribution in [0.1, 0.15) is 118 Å². The average molecular weight is 727 g/mol. The molecule has 0 radical (unpaired) electrons. The van der Waals surface area contributed by atoms with Crippen LogP contribution in [0.2, 0.25) is 0 Å². The Morgan fingerprint density at radius 2 is 1.25 bits per heavy atom. The van der Waals surface area contributed by atoms with Crippen LogP contribution >= 0.6 is 11.6 Å². The molecule has 0 saturated heterocycles. The molecule has 0 heterocycles. The maximum Gasteiger partial charge on any atom is 0.320 e. The Labute approximate surface area is 293 Å². The number of unbranched alkanes of at least 4 members (excludes halogenated alkanes) is 13. The zero-order valence-corrected chi connectivity index (χ0v) is 31.7. The van der Waals surface area contributed by atoms with Crippen LogP contribution in [-0.2, 0) is 29.4 Å². The van der Waals surface area contributed by atoms with E-state index in [4.69, 9.17) is 16.3 Å². The lowest BCUT2D eigenvalue weighted by atomic mass is 9.86.